The van der Waals surface area contributed by atoms with Crippen LogP contribution in [0.15, 0.2) is 18.6 Å². The Hall–Kier alpha value is -1.03. The van der Waals surface area contributed by atoms with Crippen LogP contribution in [0.5, 0.6) is 0 Å². The van der Waals surface area contributed by atoms with Crippen molar-refractivity contribution in [3.05, 3.63) is 24.2 Å². The van der Waals surface area contributed by atoms with E-state index in [2.05, 4.69) is 27.3 Å². The van der Waals surface area contributed by atoms with Crippen LogP contribution in [0.3, 0.4) is 0 Å². The van der Waals surface area contributed by atoms with Crippen molar-refractivity contribution < 1.29 is 0 Å². The Morgan fingerprint density at radius 1 is 1.50 bits per heavy atom. The first-order valence-corrected chi connectivity index (χ1v) is 5.06. The lowest BCUT2D eigenvalue weighted by Gasteiger charge is -1.95. The number of imidazole rings is 1. The fourth-order valence-electron chi connectivity index (χ4n) is 1.12. The molecular formula is C8H9N3S. The Labute approximate surface area is 74.6 Å². The number of hydrogen-bond acceptors (Lipinski definition) is 3. The fraction of sp³-hybridized carbons (Fsp3) is 0.250. The number of rotatable bonds is 2. The minimum absolute atomic E-state index is 0.792. The summed E-state index contributed by atoms with van der Waals surface area (Å²) < 4.78 is 0. The van der Waals surface area contributed by atoms with Gasteiger partial charge < -0.3 is 4.98 Å². The average molecular weight is 179 g/mol. The van der Waals surface area contributed by atoms with Gasteiger partial charge in [-0.1, -0.05) is 0 Å². The molecule has 0 spiro atoms. The van der Waals surface area contributed by atoms with E-state index in [1.54, 1.807) is 18.1 Å². The van der Waals surface area contributed by atoms with Gasteiger partial charge in [0.2, 0.25) is 0 Å². The molecule has 0 saturated heterocycles. The lowest BCUT2D eigenvalue weighted by molar-refractivity contribution is 1.27. The Morgan fingerprint density at radius 2 is 2.42 bits per heavy atom. The lowest BCUT2D eigenvalue weighted by Crippen LogP contribution is -1.83. The van der Waals surface area contributed by atoms with Gasteiger partial charge in [0, 0.05) is 11.9 Å². The summed E-state index contributed by atoms with van der Waals surface area (Å²) in [5.41, 5.74) is 3.04. The molecule has 3 nitrogen and oxygen atoms in total. The zero-order valence-electron chi connectivity index (χ0n) is 6.74. The average Bonchev–Trinajstić information content (AvgIpc) is 2.51. The predicted octanol–water partition coefficient (Wildman–Crippen LogP) is 1.82. The van der Waals surface area contributed by atoms with Crippen LogP contribution in [0.25, 0.3) is 11.2 Å². The molecule has 0 unspecified atom stereocenters. The van der Waals surface area contributed by atoms with Crippen LogP contribution in [-0.4, -0.2) is 21.2 Å². The monoisotopic (exact) mass is 179 g/mol. The van der Waals surface area contributed by atoms with Gasteiger partial charge in [0.15, 0.2) is 5.65 Å². The number of fused-ring (bicyclic) bond motifs is 1. The number of pyridine rings is 1. The van der Waals surface area contributed by atoms with Crippen LogP contribution in [-0.2, 0) is 5.75 Å². The molecule has 4 heteroatoms. The van der Waals surface area contributed by atoms with Gasteiger partial charge in [-0.05, 0) is 17.9 Å². The largest absolute Gasteiger partial charge is 0.343 e. The number of aromatic amines is 1. The smallest absolute Gasteiger partial charge is 0.177 e. The highest BCUT2D eigenvalue weighted by molar-refractivity contribution is 7.97. The first-order valence-electron chi connectivity index (χ1n) is 3.67. The van der Waals surface area contributed by atoms with Gasteiger partial charge in [-0.25, -0.2) is 9.97 Å². The molecule has 0 amide bonds. The normalized spacial score (nSPS) is 10.8. The minimum atomic E-state index is 0.792. The maximum Gasteiger partial charge on any atom is 0.177 e. The first kappa shape index (κ1) is 7.61. The van der Waals surface area contributed by atoms with Gasteiger partial charge >= 0.3 is 0 Å². The van der Waals surface area contributed by atoms with Crippen molar-refractivity contribution in [2.45, 2.75) is 5.75 Å². The van der Waals surface area contributed by atoms with Crippen molar-refractivity contribution in [1.82, 2.24) is 15.0 Å². The third-order valence-electron chi connectivity index (χ3n) is 1.64. The molecule has 12 heavy (non-hydrogen) atoms. The van der Waals surface area contributed by atoms with Crippen molar-refractivity contribution in [3.63, 3.8) is 0 Å². The molecule has 0 aliphatic carbocycles. The highest BCUT2D eigenvalue weighted by Gasteiger charge is 1.98. The summed E-state index contributed by atoms with van der Waals surface area (Å²) >= 11 is 1.79. The molecule has 2 heterocycles. The quantitative estimate of drug-likeness (QED) is 0.764. The number of nitrogens with zero attached hydrogens (tertiary/aromatic N) is 2. The molecule has 0 radical (unpaired) electrons. The van der Waals surface area contributed by atoms with Crippen molar-refractivity contribution in [1.29, 1.82) is 0 Å². The standard InChI is InChI=1S/C8H9N3S/c1-12-4-6-2-7-8(9-3-6)11-5-10-7/h2-3,5H,4H2,1H3,(H,9,10,11). The fourth-order valence-corrected chi connectivity index (χ4v) is 1.61. The molecule has 62 valence electrons. The van der Waals surface area contributed by atoms with Crippen LogP contribution in [0.1, 0.15) is 5.56 Å². The van der Waals surface area contributed by atoms with Crippen LogP contribution >= 0.6 is 11.8 Å². The molecule has 1 N–H and O–H groups in total. The Balaban J connectivity index is 2.46. The minimum Gasteiger partial charge on any atom is -0.343 e. The van der Waals surface area contributed by atoms with E-state index in [4.69, 9.17) is 0 Å². The van der Waals surface area contributed by atoms with Crippen molar-refractivity contribution in [2.24, 2.45) is 0 Å². The second-order valence-corrected chi connectivity index (χ2v) is 3.42. The molecule has 0 atom stereocenters. The van der Waals surface area contributed by atoms with Crippen LogP contribution < -0.4 is 0 Å². The Bertz CT molecular complexity index is 382. The van der Waals surface area contributed by atoms with Crippen molar-refractivity contribution >= 4 is 22.9 Å². The van der Waals surface area contributed by atoms with Crippen LogP contribution in [0, 0.1) is 0 Å². The van der Waals surface area contributed by atoms with Crippen molar-refractivity contribution in [2.75, 3.05) is 6.26 Å². The zero-order chi connectivity index (χ0) is 8.39. The number of H-pyrrole nitrogens is 1. The summed E-state index contributed by atoms with van der Waals surface area (Å²) in [6.07, 6.45) is 5.62. The van der Waals surface area contributed by atoms with E-state index >= 15 is 0 Å². The molecular weight excluding hydrogens is 170 g/mol. The molecule has 2 aromatic heterocycles. The predicted molar refractivity (Wildman–Crippen MR) is 51.1 cm³/mol. The summed E-state index contributed by atoms with van der Waals surface area (Å²) in [4.78, 5) is 11.3. The third kappa shape index (κ3) is 1.30. The van der Waals surface area contributed by atoms with Gasteiger partial charge in [-0.3, -0.25) is 0 Å². The van der Waals surface area contributed by atoms with E-state index in [9.17, 15) is 0 Å². The molecule has 0 saturated carbocycles. The summed E-state index contributed by atoms with van der Waals surface area (Å²) in [5.74, 6) is 1.00. The van der Waals surface area contributed by atoms with Gasteiger partial charge in [0.25, 0.3) is 0 Å². The summed E-state index contributed by atoms with van der Waals surface area (Å²) in [5, 5.41) is 0. The summed E-state index contributed by atoms with van der Waals surface area (Å²) in [6, 6.07) is 2.09. The van der Waals surface area contributed by atoms with E-state index in [0.717, 1.165) is 16.9 Å². The van der Waals surface area contributed by atoms with Gasteiger partial charge in [0.1, 0.15) is 0 Å². The second-order valence-electron chi connectivity index (χ2n) is 2.55. The van der Waals surface area contributed by atoms with E-state index in [1.165, 1.54) is 5.56 Å². The first-order chi connectivity index (χ1) is 5.90. The highest BCUT2D eigenvalue weighted by atomic mass is 32.2. The zero-order valence-corrected chi connectivity index (χ0v) is 7.56. The van der Waals surface area contributed by atoms with Gasteiger partial charge in [-0.15, -0.1) is 0 Å². The number of hydrogen-bond donors (Lipinski definition) is 1. The molecule has 0 fully saturated rings. The molecule has 0 aliphatic rings. The summed E-state index contributed by atoms with van der Waals surface area (Å²) in [6.45, 7) is 0. The van der Waals surface area contributed by atoms with E-state index in [-0.39, 0.29) is 0 Å². The van der Waals surface area contributed by atoms with Crippen molar-refractivity contribution in [3.8, 4) is 0 Å². The van der Waals surface area contributed by atoms with E-state index < -0.39 is 0 Å². The molecule has 2 aromatic rings. The third-order valence-corrected chi connectivity index (χ3v) is 2.26. The number of nitrogens with one attached hydrogen (secondary N) is 1. The van der Waals surface area contributed by atoms with E-state index in [0.29, 0.717) is 0 Å². The topological polar surface area (TPSA) is 41.6 Å². The Morgan fingerprint density at radius 3 is 3.25 bits per heavy atom. The molecule has 0 bridgehead atoms. The van der Waals surface area contributed by atoms with Crippen LogP contribution in [0.2, 0.25) is 0 Å². The molecule has 0 aromatic carbocycles. The van der Waals surface area contributed by atoms with Gasteiger partial charge in [0.05, 0.1) is 11.8 Å². The summed E-state index contributed by atoms with van der Waals surface area (Å²) in [7, 11) is 0. The molecule has 0 aliphatic heterocycles. The van der Waals surface area contributed by atoms with Gasteiger partial charge in [-0.2, -0.15) is 11.8 Å². The van der Waals surface area contributed by atoms with E-state index in [1.807, 2.05) is 6.20 Å². The maximum atomic E-state index is 4.20. The maximum absolute atomic E-state index is 4.20. The SMILES string of the molecule is CSCc1cnc2nc[nH]c2c1. The van der Waals surface area contributed by atoms with Crippen LogP contribution in [0.4, 0.5) is 0 Å². The second kappa shape index (κ2) is 3.15. The highest BCUT2D eigenvalue weighted by Crippen LogP contribution is 2.12. The Kier molecular flexibility index (Phi) is 1.99. The number of thioether (sulfide) groups is 1. The lowest BCUT2D eigenvalue weighted by atomic mass is 10.3. The molecule has 2 rings (SSSR count). The number of aromatic nitrogens is 3.